The minimum atomic E-state index is 0.341. The van der Waals surface area contributed by atoms with Crippen molar-refractivity contribution in [3.05, 3.63) is 35.9 Å². The van der Waals surface area contributed by atoms with Gasteiger partial charge in [-0.15, -0.1) is 0 Å². The molecule has 1 fully saturated rings. The van der Waals surface area contributed by atoms with Crippen molar-refractivity contribution < 1.29 is 0 Å². The second-order valence-corrected chi connectivity index (χ2v) is 6.74. The molecule has 2 nitrogen and oxygen atoms in total. The summed E-state index contributed by atoms with van der Waals surface area (Å²) in [5.41, 5.74) is 8.03. The van der Waals surface area contributed by atoms with Gasteiger partial charge in [0.15, 0.2) is 0 Å². The Bertz CT molecular complexity index is 366. The van der Waals surface area contributed by atoms with Gasteiger partial charge in [-0.2, -0.15) is 0 Å². The molecule has 100 valence electrons. The van der Waals surface area contributed by atoms with Crippen LogP contribution in [0, 0.1) is 5.41 Å². The van der Waals surface area contributed by atoms with Gasteiger partial charge >= 0.3 is 0 Å². The summed E-state index contributed by atoms with van der Waals surface area (Å²) in [4.78, 5) is 2.56. The van der Waals surface area contributed by atoms with Crippen molar-refractivity contribution in [3.8, 4) is 0 Å². The number of nitrogens with zero attached hydrogens (tertiary/aromatic N) is 1. The Kier molecular flexibility index (Phi) is 4.08. The molecule has 2 atom stereocenters. The van der Waals surface area contributed by atoms with E-state index in [1.807, 2.05) is 0 Å². The molecular formula is C16H26N2. The summed E-state index contributed by atoms with van der Waals surface area (Å²) in [6.07, 6.45) is 2.31. The Labute approximate surface area is 111 Å². The van der Waals surface area contributed by atoms with E-state index in [4.69, 9.17) is 5.73 Å². The molecule has 0 aliphatic carbocycles. The molecule has 18 heavy (non-hydrogen) atoms. The van der Waals surface area contributed by atoms with Gasteiger partial charge in [0.05, 0.1) is 0 Å². The molecule has 0 aromatic heterocycles. The first-order chi connectivity index (χ1) is 8.46. The normalized spacial score (nSPS) is 25.6. The van der Waals surface area contributed by atoms with Gasteiger partial charge in [-0.25, -0.2) is 0 Å². The highest BCUT2D eigenvalue weighted by Gasteiger charge is 2.34. The number of hydrogen-bond acceptors (Lipinski definition) is 2. The second-order valence-electron chi connectivity index (χ2n) is 6.74. The first-order valence-electron chi connectivity index (χ1n) is 6.99. The van der Waals surface area contributed by atoms with Gasteiger partial charge in [0.25, 0.3) is 0 Å². The van der Waals surface area contributed by atoms with Crippen LogP contribution in [-0.2, 0) is 6.54 Å². The summed E-state index contributed by atoms with van der Waals surface area (Å²) < 4.78 is 0. The van der Waals surface area contributed by atoms with Crippen molar-refractivity contribution in [3.63, 3.8) is 0 Å². The van der Waals surface area contributed by atoms with Crippen LogP contribution in [0.5, 0.6) is 0 Å². The van der Waals surface area contributed by atoms with E-state index in [1.165, 1.54) is 12.0 Å². The van der Waals surface area contributed by atoms with Crippen molar-refractivity contribution in [2.75, 3.05) is 6.54 Å². The topological polar surface area (TPSA) is 29.3 Å². The maximum atomic E-state index is 6.29. The van der Waals surface area contributed by atoms with Crippen molar-refractivity contribution in [1.82, 2.24) is 4.90 Å². The zero-order valence-electron chi connectivity index (χ0n) is 11.9. The molecule has 0 radical (unpaired) electrons. The monoisotopic (exact) mass is 246 g/mol. The second kappa shape index (κ2) is 5.41. The Morgan fingerprint density at radius 3 is 2.50 bits per heavy atom. The molecule has 0 bridgehead atoms. The first kappa shape index (κ1) is 13.6. The van der Waals surface area contributed by atoms with Crippen LogP contribution >= 0.6 is 0 Å². The standard InChI is InChI=1S/C16H26N2/c1-16(2,3)11-15-14(17)9-10-18(15)12-13-7-5-4-6-8-13/h4-8,14-15H,9-12,17H2,1-3H3. The lowest BCUT2D eigenvalue weighted by Gasteiger charge is -2.32. The lowest BCUT2D eigenvalue weighted by Crippen LogP contribution is -2.41. The van der Waals surface area contributed by atoms with Gasteiger partial charge in [0, 0.05) is 25.2 Å². The van der Waals surface area contributed by atoms with E-state index >= 15 is 0 Å². The molecule has 0 saturated carbocycles. The van der Waals surface area contributed by atoms with Gasteiger partial charge in [0.1, 0.15) is 0 Å². The Balaban J connectivity index is 2.03. The molecule has 2 unspecified atom stereocenters. The maximum absolute atomic E-state index is 6.29. The first-order valence-corrected chi connectivity index (χ1v) is 6.99. The molecule has 0 spiro atoms. The summed E-state index contributed by atoms with van der Waals surface area (Å²) in [5, 5.41) is 0. The third kappa shape index (κ3) is 3.56. The smallest absolute Gasteiger partial charge is 0.0256 e. The van der Waals surface area contributed by atoms with Gasteiger partial charge in [-0.1, -0.05) is 51.1 Å². The average Bonchev–Trinajstić information content (AvgIpc) is 2.61. The predicted molar refractivity (Wildman–Crippen MR) is 77.3 cm³/mol. The van der Waals surface area contributed by atoms with E-state index in [0.717, 1.165) is 19.5 Å². The number of rotatable bonds is 3. The minimum Gasteiger partial charge on any atom is -0.326 e. The van der Waals surface area contributed by atoms with E-state index in [9.17, 15) is 0 Å². The van der Waals surface area contributed by atoms with E-state index < -0.39 is 0 Å². The van der Waals surface area contributed by atoms with Crippen LogP contribution in [0.25, 0.3) is 0 Å². The largest absolute Gasteiger partial charge is 0.326 e. The van der Waals surface area contributed by atoms with Gasteiger partial charge in [-0.05, 0) is 23.8 Å². The van der Waals surface area contributed by atoms with Crippen LogP contribution in [0.4, 0.5) is 0 Å². The zero-order valence-corrected chi connectivity index (χ0v) is 11.9. The highest BCUT2D eigenvalue weighted by atomic mass is 15.2. The molecule has 0 amide bonds. The Morgan fingerprint density at radius 1 is 1.22 bits per heavy atom. The maximum Gasteiger partial charge on any atom is 0.0256 e. The highest BCUT2D eigenvalue weighted by Crippen LogP contribution is 2.30. The minimum absolute atomic E-state index is 0.341. The lowest BCUT2D eigenvalue weighted by atomic mass is 9.86. The zero-order chi connectivity index (χ0) is 13.2. The number of likely N-dealkylation sites (tertiary alicyclic amines) is 1. The Hall–Kier alpha value is -0.860. The van der Waals surface area contributed by atoms with Crippen molar-refractivity contribution >= 4 is 0 Å². The Morgan fingerprint density at radius 2 is 1.89 bits per heavy atom. The van der Waals surface area contributed by atoms with Crippen LogP contribution in [-0.4, -0.2) is 23.5 Å². The van der Waals surface area contributed by atoms with E-state index in [0.29, 0.717) is 17.5 Å². The van der Waals surface area contributed by atoms with Crippen LogP contribution < -0.4 is 5.73 Å². The third-order valence-electron chi connectivity index (χ3n) is 3.76. The van der Waals surface area contributed by atoms with Crippen LogP contribution in [0.3, 0.4) is 0 Å². The fraction of sp³-hybridized carbons (Fsp3) is 0.625. The molecule has 1 aliphatic rings. The molecule has 2 rings (SSSR count). The molecular weight excluding hydrogens is 220 g/mol. The van der Waals surface area contributed by atoms with E-state index in [2.05, 4.69) is 56.0 Å². The van der Waals surface area contributed by atoms with Gasteiger partial charge in [-0.3, -0.25) is 4.90 Å². The molecule has 2 N–H and O–H groups in total. The van der Waals surface area contributed by atoms with Crippen LogP contribution in [0.1, 0.15) is 39.2 Å². The van der Waals surface area contributed by atoms with E-state index in [-0.39, 0.29) is 0 Å². The SMILES string of the molecule is CC(C)(C)CC1C(N)CCN1Cc1ccccc1. The molecule has 1 saturated heterocycles. The van der Waals surface area contributed by atoms with Gasteiger partial charge < -0.3 is 5.73 Å². The number of nitrogens with two attached hydrogens (primary N) is 1. The summed E-state index contributed by atoms with van der Waals surface area (Å²) in [6, 6.07) is 11.6. The molecule has 1 aromatic carbocycles. The summed E-state index contributed by atoms with van der Waals surface area (Å²) in [5.74, 6) is 0. The third-order valence-corrected chi connectivity index (χ3v) is 3.76. The fourth-order valence-electron chi connectivity index (χ4n) is 2.87. The predicted octanol–water partition coefficient (Wildman–Crippen LogP) is 3.02. The summed E-state index contributed by atoms with van der Waals surface area (Å²) in [7, 11) is 0. The highest BCUT2D eigenvalue weighted by molar-refractivity contribution is 5.15. The van der Waals surface area contributed by atoms with Crippen molar-refractivity contribution in [2.45, 2.75) is 52.2 Å². The average molecular weight is 246 g/mol. The summed E-state index contributed by atoms with van der Waals surface area (Å²) in [6.45, 7) is 9.09. The molecule has 1 aliphatic heterocycles. The number of benzene rings is 1. The lowest BCUT2D eigenvalue weighted by molar-refractivity contribution is 0.176. The number of hydrogen-bond donors (Lipinski definition) is 1. The van der Waals surface area contributed by atoms with E-state index in [1.54, 1.807) is 0 Å². The fourth-order valence-corrected chi connectivity index (χ4v) is 2.87. The molecule has 1 heterocycles. The molecule has 2 heteroatoms. The van der Waals surface area contributed by atoms with Gasteiger partial charge in [0.2, 0.25) is 0 Å². The quantitative estimate of drug-likeness (QED) is 0.888. The molecule has 1 aromatic rings. The van der Waals surface area contributed by atoms with Crippen molar-refractivity contribution in [1.29, 1.82) is 0 Å². The summed E-state index contributed by atoms with van der Waals surface area (Å²) >= 11 is 0. The van der Waals surface area contributed by atoms with Crippen LogP contribution in [0.2, 0.25) is 0 Å². The van der Waals surface area contributed by atoms with Crippen molar-refractivity contribution in [2.24, 2.45) is 11.1 Å². The van der Waals surface area contributed by atoms with Crippen LogP contribution in [0.15, 0.2) is 30.3 Å².